The molecule has 2 aliphatic heterocycles. The summed E-state index contributed by atoms with van der Waals surface area (Å²) in [5, 5.41) is 6.60. The van der Waals surface area contributed by atoms with Gasteiger partial charge >= 0.3 is 0 Å². The first-order valence-corrected chi connectivity index (χ1v) is 8.14. The number of benzene rings is 1. The van der Waals surface area contributed by atoms with Gasteiger partial charge in [0.1, 0.15) is 6.04 Å². The van der Waals surface area contributed by atoms with Gasteiger partial charge in [-0.15, -0.1) is 0 Å². The average molecular weight is 322 g/mol. The Balaban J connectivity index is 1.70. The van der Waals surface area contributed by atoms with E-state index in [-0.39, 0.29) is 17.9 Å². The third-order valence-corrected chi connectivity index (χ3v) is 4.59. The Labute approximate surface area is 135 Å². The number of rotatable bonds is 3. The quantitative estimate of drug-likeness (QED) is 0.891. The number of halogens is 1. The Morgan fingerprint density at radius 3 is 2.82 bits per heavy atom. The maximum atomic E-state index is 12.7. The fourth-order valence-electron chi connectivity index (χ4n) is 3.10. The second-order valence-corrected chi connectivity index (χ2v) is 6.20. The van der Waals surface area contributed by atoms with Crippen molar-refractivity contribution in [1.82, 2.24) is 10.6 Å². The molecular weight excluding hydrogens is 302 g/mol. The van der Waals surface area contributed by atoms with Crippen molar-refractivity contribution in [1.29, 1.82) is 0 Å². The molecule has 2 atom stereocenters. The third-order valence-electron chi connectivity index (χ3n) is 4.28. The van der Waals surface area contributed by atoms with Crippen LogP contribution in [0.3, 0.4) is 0 Å². The molecule has 2 amide bonds. The summed E-state index contributed by atoms with van der Waals surface area (Å²) in [4.78, 5) is 26.5. The molecule has 118 valence electrons. The summed E-state index contributed by atoms with van der Waals surface area (Å²) < 4.78 is 0. The van der Waals surface area contributed by atoms with E-state index < -0.39 is 6.04 Å². The number of para-hydroxylation sites is 1. The van der Waals surface area contributed by atoms with Crippen LogP contribution >= 0.6 is 11.6 Å². The standard InChI is InChI=1S/C16H20ClN3O2/c17-11-5-1-2-8-14(11)20-10-4-7-13(16(20)22)19-15(21)12-6-3-9-18-12/h1-2,5,8,12-13,18H,3-4,6-7,9-10H2,(H,19,21). The predicted molar refractivity (Wildman–Crippen MR) is 86.0 cm³/mol. The molecule has 0 radical (unpaired) electrons. The zero-order chi connectivity index (χ0) is 15.5. The summed E-state index contributed by atoms with van der Waals surface area (Å²) in [6.07, 6.45) is 3.36. The lowest BCUT2D eigenvalue weighted by Crippen LogP contribution is -2.55. The molecule has 1 aromatic rings. The first-order valence-electron chi connectivity index (χ1n) is 7.76. The van der Waals surface area contributed by atoms with Gasteiger partial charge < -0.3 is 15.5 Å². The van der Waals surface area contributed by atoms with E-state index >= 15 is 0 Å². The highest BCUT2D eigenvalue weighted by molar-refractivity contribution is 6.33. The number of hydrogen-bond acceptors (Lipinski definition) is 3. The first-order chi connectivity index (χ1) is 10.7. The van der Waals surface area contributed by atoms with Gasteiger partial charge in [0.15, 0.2) is 0 Å². The van der Waals surface area contributed by atoms with Crippen LogP contribution in [0.4, 0.5) is 5.69 Å². The van der Waals surface area contributed by atoms with Crippen molar-refractivity contribution in [2.45, 2.75) is 37.8 Å². The van der Waals surface area contributed by atoms with E-state index in [2.05, 4.69) is 10.6 Å². The van der Waals surface area contributed by atoms with Gasteiger partial charge in [-0.2, -0.15) is 0 Å². The van der Waals surface area contributed by atoms with Gasteiger partial charge in [-0.1, -0.05) is 23.7 Å². The first kappa shape index (κ1) is 15.3. The number of piperidine rings is 1. The van der Waals surface area contributed by atoms with E-state index in [4.69, 9.17) is 11.6 Å². The third kappa shape index (κ3) is 3.10. The minimum Gasteiger partial charge on any atom is -0.343 e. The molecule has 22 heavy (non-hydrogen) atoms. The number of nitrogens with one attached hydrogen (secondary N) is 2. The molecule has 0 aromatic heterocycles. The van der Waals surface area contributed by atoms with E-state index in [1.165, 1.54) is 0 Å². The molecule has 0 spiro atoms. The van der Waals surface area contributed by atoms with Gasteiger partial charge in [-0.05, 0) is 44.4 Å². The van der Waals surface area contributed by atoms with E-state index in [1.54, 1.807) is 11.0 Å². The Kier molecular flexibility index (Phi) is 4.64. The van der Waals surface area contributed by atoms with Crippen molar-refractivity contribution in [2.75, 3.05) is 18.0 Å². The van der Waals surface area contributed by atoms with Crippen LogP contribution in [0.5, 0.6) is 0 Å². The number of nitrogens with zero attached hydrogens (tertiary/aromatic N) is 1. The zero-order valence-corrected chi connectivity index (χ0v) is 13.1. The summed E-state index contributed by atoms with van der Waals surface area (Å²) in [5.74, 6) is -0.150. The summed E-state index contributed by atoms with van der Waals surface area (Å²) in [6.45, 7) is 1.50. The molecule has 0 bridgehead atoms. The summed E-state index contributed by atoms with van der Waals surface area (Å²) >= 11 is 6.19. The fourth-order valence-corrected chi connectivity index (χ4v) is 3.34. The maximum absolute atomic E-state index is 12.7. The molecule has 2 fully saturated rings. The van der Waals surface area contributed by atoms with Crippen LogP contribution < -0.4 is 15.5 Å². The highest BCUT2D eigenvalue weighted by Crippen LogP contribution is 2.28. The molecule has 0 saturated carbocycles. The van der Waals surface area contributed by atoms with Crippen molar-refractivity contribution >= 4 is 29.1 Å². The Hall–Kier alpha value is -1.59. The Morgan fingerprint density at radius 2 is 2.09 bits per heavy atom. The number of carbonyl (C=O) groups excluding carboxylic acids is 2. The van der Waals surface area contributed by atoms with Gasteiger partial charge in [0, 0.05) is 6.54 Å². The van der Waals surface area contributed by atoms with Crippen LogP contribution in [0.2, 0.25) is 5.02 Å². The van der Waals surface area contributed by atoms with Crippen LogP contribution in [-0.2, 0) is 9.59 Å². The monoisotopic (exact) mass is 321 g/mol. The van der Waals surface area contributed by atoms with Crippen molar-refractivity contribution < 1.29 is 9.59 Å². The molecule has 2 saturated heterocycles. The molecule has 5 nitrogen and oxygen atoms in total. The smallest absolute Gasteiger partial charge is 0.249 e. The lowest BCUT2D eigenvalue weighted by molar-refractivity contribution is -0.129. The second kappa shape index (κ2) is 6.67. The topological polar surface area (TPSA) is 61.4 Å². The van der Waals surface area contributed by atoms with Crippen molar-refractivity contribution in [2.24, 2.45) is 0 Å². The van der Waals surface area contributed by atoms with Gasteiger partial charge in [0.25, 0.3) is 0 Å². The highest BCUT2D eigenvalue weighted by Gasteiger charge is 2.33. The van der Waals surface area contributed by atoms with Crippen LogP contribution in [-0.4, -0.2) is 37.0 Å². The van der Waals surface area contributed by atoms with Crippen molar-refractivity contribution in [3.05, 3.63) is 29.3 Å². The van der Waals surface area contributed by atoms with Crippen LogP contribution in [0.25, 0.3) is 0 Å². The van der Waals surface area contributed by atoms with Gasteiger partial charge in [0.2, 0.25) is 11.8 Å². The van der Waals surface area contributed by atoms with Crippen molar-refractivity contribution in [3.63, 3.8) is 0 Å². The Morgan fingerprint density at radius 1 is 1.27 bits per heavy atom. The second-order valence-electron chi connectivity index (χ2n) is 5.79. The highest BCUT2D eigenvalue weighted by atomic mass is 35.5. The molecule has 6 heteroatoms. The molecule has 2 aliphatic rings. The molecular formula is C16H20ClN3O2. The van der Waals surface area contributed by atoms with Gasteiger partial charge in [-0.3, -0.25) is 9.59 Å². The molecule has 3 rings (SSSR count). The van der Waals surface area contributed by atoms with Crippen LogP contribution in [0.1, 0.15) is 25.7 Å². The van der Waals surface area contributed by atoms with Crippen LogP contribution in [0.15, 0.2) is 24.3 Å². The summed E-state index contributed by atoms with van der Waals surface area (Å²) in [5.41, 5.74) is 0.715. The minimum absolute atomic E-state index is 0.0724. The van der Waals surface area contributed by atoms with Crippen LogP contribution in [0, 0.1) is 0 Å². The van der Waals surface area contributed by atoms with E-state index in [1.807, 2.05) is 18.2 Å². The summed E-state index contributed by atoms with van der Waals surface area (Å²) in [7, 11) is 0. The van der Waals surface area contributed by atoms with Gasteiger partial charge in [0.05, 0.1) is 16.8 Å². The summed E-state index contributed by atoms with van der Waals surface area (Å²) in [6, 6.07) is 6.69. The minimum atomic E-state index is -0.458. The van der Waals surface area contributed by atoms with E-state index in [0.29, 0.717) is 23.7 Å². The average Bonchev–Trinajstić information content (AvgIpc) is 3.05. The predicted octanol–water partition coefficient (Wildman–Crippen LogP) is 1.70. The fraction of sp³-hybridized carbons (Fsp3) is 0.500. The molecule has 2 heterocycles. The molecule has 2 unspecified atom stereocenters. The number of amides is 2. The van der Waals surface area contributed by atoms with Gasteiger partial charge in [-0.25, -0.2) is 0 Å². The lowest BCUT2D eigenvalue weighted by Gasteiger charge is -2.33. The lowest BCUT2D eigenvalue weighted by atomic mass is 10.0. The Bertz CT molecular complexity index is 572. The molecule has 0 aliphatic carbocycles. The number of hydrogen-bond donors (Lipinski definition) is 2. The molecule has 2 N–H and O–H groups in total. The zero-order valence-electron chi connectivity index (χ0n) is 12.3. The normalized spacial score (nSPS) is 25.3. The molecule has 1 aromatic carbocycles. The van der Waals surface area contributed by atoms with E-state index in [9.17, 15) is 9.59 Å². The van der Waals surface area contributed by atoms with E-state index in [0.717, 1.165) is 25.8 Å². The number of carbonyl (C=O) groups is 2. The maximum Gasteiger partial charge on any atom is 0.249 e. The number of anilines is 1. The largest absolute Gasteiger partial charge is 0.343 e. The SMILES string of the molecule is O=C(NC1CCCN(c2ccccc2Cl)C1=O)C1CCCN1. The van der Waals surface area contributed by atoms with Crippen molar-refractivity contribution in [3.8, 4) is 0 Å².